The topological polar surface area (TPSA) is 154 Å². The number of piperazine rings is 1. The van der Waals surface area contributed by atoms with Crippen molar-refractivity contribution in [2.45, 2.75) is 12.2 Å². The number of aliphatic hydroxyl groups excluding tert-OH is 2. The fraction of sp³-hybridized carbons (Fsp3) is 0.455. The number of nitrogens with one attached hydrogen (secondary N) is 2. The number of hydrogen-bond donors (Lipinski definition) is 4. The Bertz CT molecular complexity index is 890. The molecule has 0 unspecified atom stereocenters. The van der Waals surface area contributed by atoms with Gasteiger partial charge in [0, 0.05) is 12.1 Å². The predicted octanol–water partition coefficient (Wildman–Crippen LogP) is -1.53. The molecule has 3 rings (SSSR count). The van der Waals surface area contributed by atoms with Gasteiger partial charge in [0.25, 0.3) is 0 Å². The third kappa shape index (κ3) is 7.35. The van der Waals surface area contributed by atoms with E-state index < -0.39 is 22.1 Å². The summed E-state index contributed by atoms with van der Waals surface area (Å²) in [4.78, 5) is 23.4. The average Bonchev–Trinajstić information content (AvgIpc) is 2.83. The molecule has 0 radical (unpaired) electrons. The van der Waals surface area contributed by atoms with E-state index in [-0.39, 0.29) is 36.1 Å². The van der Waals surface area contributed by atoms with E-state index in [0.29, 0.717) is 13.1 Å². The molecule has 0 spiro atoms. The number of para-hydroxylation sites is 4. The van der Waals surface area contributed by atoms with Gasteiger partial charge in [-0.3, -0.25) is 20.2 Å². The minimum atomic E-state index is -0.767. The smallest absolute Gasteiger partial charge is 0.310 e. The summed E-state index contributed by atoms with van der Waals surface area (Å²) in [7, 11) is 0. The van der Waals surface area contributed by atoms with Crippen LogP contribution >= 0.6 is 0 Å². The molecule has 1 saturated heterocycles. The van der Waals surface area contributed by atoms with Gasteiger partial charge in [-0.05, 0) is 12.1 Å². The Balaban J connectivity index is 1.36. The molecule has 1 fully saturated rings. The Labute approximate surface area is 196 Å². The molecule has 0 amide bonds. The normalized spacial score (nSPS) is 19.7. The Kier molecular flexibility index (Phi) is 9.10. The molecule has 1 heterocycles. The van der Waals surface area contributed by atoms with Crippen molar-refractivity contribution < 1.29 is 39.3 Å². The van der Waals surface area contributed by atoms with Crippen LogP contribution in [0.15, 0.2) is 48.5 Å². The first-order valence-electron chi connectivity index (χ1n) is 11.1. The zero-order valence-corrected chi connectivity index (χ0v) is 18.7. The quantitative estimate of drug-likeness (QED) is 0.212. The number of benzene rings is 2. The van der Waals surface area contributed by atoms with Gasteiger partial charge in [-0.25, -0.2) is 0 Å². The lowest BCUT2D eigenvalue weighted by Crippen LogP contribution is -3.29. The highest BCUT2D eigenvalue weighted by Crippen LogP contribution is 2.26. The van der Waals surface area contributed by atoms with E-state index in [1.165, 1.54) is 34.1 Å². The van der Waals surface area contributed by atoms with E-state index in [1.807, 2.05) is 0 Å². The number of ether oxygens (including phenoxy) is 2. The SMILES string of the molecule is O=[N+]([O-])c1ccccc1OC[C@@H](O)C[NH+]1CC[NH+](C[C@@H](O)COc2ccccc2[N+](=O)[O-])CC1. The summed E-state index contributed by atoms with van der Waals surface area (Å²) in [5.74, 6) is 0.265. The number of nitrogens with zero attached hydrogens (tertiary/aromatic N) is 2. The maximum atomic E-state index is 11.0. The zero-order valence-electron chi connectivity index (χ0n) is 18.7. The predicted molar refractivity (Wildman–Crippen MR) is 120 cm³/mol. The number of nitro benzene ring substituents is 2. The van der Waals surface area contributed by atoms with Gasteiger partial charge in [0.05, 0.1) is 9.85 Å². The van der Waals surface area contributed by atoms with Crippen LogP contribution in [0.1, 0.15) is 0 Å². The molecule has 0 bridgehead atoms. The van der Waals surface area contributed by atoms with Crippen molar-refractivity contribution in [1.29, 1.82) is 0 Å². The second-order valence-corrected chi connectivity index (χ2v) is 8.29. The van der Waals surface area contributed by atoms with Gasteiger partial charge < -0.3 is 29.5 Å². The lowest BCUT2D eigenvalue weighted by molar-refractivity contribution is -1.01. The van der Waals surface area contributed by atoms with E-state index in [4.69, 9.17) is 9.47 Å². The largest absolute Gasteiger partial charge is 0.484 e. The highest BCUT2D eigenvalue weighted by atomic mass is 16.6. The monoisotopic (exact) mass is 478 g/mol. The van der Waals surface area contributed by atoms with Crippen molar-refractivity contribution >= 4 is 11.4 Å². The van der Waals surface area contributed by atoms with Crippen LogP contribution in [-0.4, -0.2) is 84.7 Å². The Morgan fingerprint density at radius 2 is 1.09 bits per heavy atom. The molecule has 0 saturated carbocycles. The van der Waals surface area contributed by atoms with Gasteiger partial charge >= 0.3 is 11.4 Å². The van der Waals surface area contributed by atoms with Crippen LogP contribution in [0.25, 0.3) is 0 Å². The van der Waals surface area contributed by atoms with Crippen molar-refractivity contribution in [3.8, 4) is 11.5 Å². The molecule has 2 aromatic rings. The van der Waals surface area contributed by atoms with Crippen molar-refractivity contribution in [2.24, 2.45) is 0 Å². The van der Waals surface area contributed by atoms with Crippen molar-refractivity contribution in [2.75, 3.05) is 52.5 Å². The first-order valence-corrected chi connectivity index (χ1v) is 11.1. The minimum Gasteiger partial charge on any atom is -0.484 e. The fourth-order valence-electron chi connectivity index (χ4n) is 3.98. The van der Waals surface area contributed by atoms with E-state index in [2.05, 4.69) is 0 Å². The third-order valence-electron chi connectivity index (χ3n) is 5.70. The van der Waals surface area contributed by atoms with Crippen LogP contribution in [0.2, 0.25) is 0 Å². The summed E-state index contributed by atoms with van der Waals surface area (Å²) in [6.07, 6.45) is -1.53. The van der Waals surface area contributed by atoms with Gasteiger partial charge in [-0.15, -0.1) is 0 Å². The van der Waals surface area contributed by atoms with Crippen LogP contribution in [-0.2, 0) is 0 Å². The molecular formula is C22H30N4O8+2. The maximum absolute atomic E-state index is 11.0. The molecule has 12 nitrogen and oxygen atoms in total. The molecule has 1 aliphatic heterocycles. The molecule has 0 aromatic heterocycles. The Morgan fingerprint density at radius 1 is 0.735 bits per heavy atom. The molecule has 12 heteroatoms. The molecule has 4 N–H and O–H groups in total. The van der Waals surface area contributed by atoms with Gasteiger partial charge in [-0.1, -0.05) is 24.3 Å². The van der Waals surface area contributed by atoms with E-state index >= 15 is 0 Å². The summed E-state index contributed by atoms with van der Waals surface area (Å²) < 4.78 is 10.9. The highest BCUT2D eigenvalue weighted by Gasteiger charge is 2.27. The number of nitro groups is 2. The second-order valence-electron chi connectivity index (χ2n) is 8.29. The number of aliphatic hydroxyl groups is 2. The van der Waals surface area contributed by atoms with Crippen LogP contribution in [0.4, 0.5) is 11.4 Å². The van der Waals surface area contributed by atoms with Gasteiger partial charge in [-0.2, -0.15) is 0 Å². The summed E-state index contributed by atoms with van der Waals surface area (Å²) in [6.45, 7) is 3.99. The standard InChI is InChI=1S/C22H28N4O8/c27-17(15-33-21-7-3-1-5-19(21)25(29)30)13-23-9-11-24(12-10-23)14-18(28)16-34-22-8-4-2-6-20(22)26(31)32/h1-8,17-18,27-28H,9-16H2/p+2/t17-,18+. The third-order valence-corrected chi connectivity index (χ3v) is 5.70. The minimum absolute atomic E-state index is 0.0351. The average molecular weight is 479 g/mol. The number of rotatable bonds is 12. The molecule has 1 aliphatic rings. The first-order chi connectivity index (χ1) is 16.3. The van der Waals surface area contributed by atoms with Crippen LogP contribution in [0.3, 0.4) is 0 Å². The molecule has 34 heavy (non-hydrogen) atoms. The highest BCUT2D eigenvalue weighted by molar-refractivity contribution is 5.46. The zero-order chi connectivity index (χ0) is 24.5. The molecule has 2 atom stereocenters. The van der Waals surface area contributed by atoms with Crippen molar-refractivity contribution in [3.63, 3.8) is 0 Å². The molecule has 2 aromatic carbocycles. The van der Waals surface area contributed by atoms with Gasteiger partial charge in [0.2, 0.25) is 0 Å². The van der Waals surface area contributed by atoms with Crippen LogP contribution < -0.4 is 19.3 Å². The summed E-state index contributed by atoms with van der Waals surface area (Å²) in [5, 5.41) is 42.7. The van der Waals surface area contributed by atoms with Crippen molar-refractivity contribution in [3.05, 3.63) is 68.8 Å². The molecule has 184 valence electrons. The summed E-state index contributed by atoms with van der Waals surface area (Å²) in [6, 6.07) is 12.1. The Morgan fingerprint density at radius 3 is 1.44 bits per heavy atom. The second kappa shape index (κ2) is 12.2. The number of hydrogen-bond acceptors (Lipinski definition) is 8. The van der Waals surface area contributed by atoms with Gasteiger partial charge in [0.15, 0.2) is 11.5 Å². The van der Waals surface area contributed by atoms with E-state index in [9.17, 15) is 30.4 Å². The lowest BCUT2D eigenvalue weighted by Gasteiger charge is -2.31. The molecular weight excluding hydrogens is 448 g/mol. The summed E-state index contributed by atoms with van der Waals surface area (Å²) >= 11 is 0. The Hall–Kier alpha value is -3.32. The van der Waals surface area contributed by atoms with Crippen molar-refractivity contribution in [1.82, 2.24) is 0 Å². The number of quaternary nitrogens is 2. The van der Waals surface area contributed by atoms with Gasteiger partial charge in [0.1, 0.15) is 64.7 Å². The first kappa shape index (κ1) is 25.3. The molecule has 0 aliphatic carbocycles. The lowest BCUT2D eigenvalue weighted by atomic mass is 10.2. The van der Waals surface area contributed by atoms with E-state index in [0.717, 1.165) is 26.2 Å². The maximum Gasteiger partial charge on any atom is 0.310 e. The summed E-state index contributed by atoms with van der Waals surface area (Å²) in [5.41, 5.74) is -0.271. The fourth-order valence-corrected chi connectivity index (χ4v) is 3.98. The van der Waals surface area contributed by atoms with E-state index in [1.54, 1.807) is 24.3 Å². The van der Waals surface area contributed by atoms with Crippen LogP contribution in [0.5, 0.6) is 11.5 Å². The van der Waals surface area contributed by atoms with Crippen LogP contribution in [0, 0.1) is 20.2 Å².